The molecule has 0 aliphatic rings. The minimum absolute atomic E-state index is 0.231. The maximum atomic E-state index is 10.5. The van der Waals surface area contributed by atoms with Crippen LogP contribution in [0.5, 0.6) is 0 Å². The molecule has 1 unspecified atom stereocenters. The monoisotopic (exact) mass is 198 g/mol. The highest BCUT2D eigenvalue weighted by atomic mass is 16.4. The quantitative estimate of drug-likeness (QED) is 0.477. The van der Waals surface area contributed by atoms with Crippen molar-refractivity contribution < 1.29 is 9.90 Å². The third kappa shape index (κ3) is 7.84. The molecule has 0 saturated heterocycles. The topological polar surface area (TPSA) is 37.3 Å². The molecule has 0 spiro atoms. The Balaban J connectivity index is 3.82. The van der Waals surface area contributed by atoms with Crippen LogP contribution in [-0.2, 0) is 4.79 Å². The highest BCUT2D eigenvalue weighted by Gasteiger charge is 2.07. The van der Waals surface area contributed by atoms with Crippen LogP contribution in [0.2, 0.25) is 0 Å². The van der Waals surface area contributed by atoms with Crippen molar-refractivity contribution in [3.8, 4) is 0 Å². The number of unbranched alkanes of at least 4 members (excludes halogenated alkanes) is 2. The maximum Gasteiger partial charge on any atom is 0.303 e. The van der Waals surface area contributed by atoms with Gasteiger partial charge >= 0.3 is 5.97 Å². The summed E-state index contributed by atoms with van der Waals surface area (Å²) < 4.78 is 0. The van der Waals surface area contributed by atoms with Gasteiger partial charge in [0.15, 0.2) is 0 Å². The van der Waals surface area contributed by atoms with E-state index in [1.807, 2.05) is 0 Å². The van der Waals surface area contributed by atoms with Gasteiger partial charge in [-0.05, 0) is 18.8 Å². The van der Waals surface area contributed by atoms with E-state index in [0.717, 1.165) is 19.3 Å². The van der Waals surface area contributed by atoms with E-state index in [1.165, 1.54) is 12.8 Å². The summed E-state index contributed by atoms with van der Waals surface area (Å²) in [5, 5.41) is 8.68. The molecule has 0 aliphatic carbocycles. The molecule has 0 amide bonds. The molecule has 0 fully saturated rings. The molecule has 0 heterocycles. The van der Waals surface area contributed by atoms with Gasteiger partial charge < -0.3 is 5.11 Å². The molecule has 0 saturated carbocycles. The van der Waals surface area contributed by atoms with Crippen molar-refractivity contribution in [2.45, 2.75) is 52.4 Å². The zero-order chi connectivity index (χ0) is 10.8. The summed E-state index contributed by atoms with van der Waals surface area (Å²) >= 11 is 0. The van der Waals surface area contributed by atoms with E-state index in [0.29, 0.717) is 0 Å². The molecule has 2 nitrogen and oxygen atoms in total. The Kier molecular flexibility index (Phi) is 8.30. The highest BCUT2D eigenvalue weighted by molar-refractivity contribution is 5.67. The maximum absolute atomic E-state index is 10.5. The Labute approximate surface area is 87.0 Å². The van der Waals surface area contributed by atoms with E-state index in [2.05, 4.69) is 26.0 Å². The Morgan fingerprint density at radius 1 is 1.36 bits per heavy atom. The van der Waals surface area contributed by atoms with Crippen LogP contribution in [0.3, 0.4) is 0 Å². The number of carboxylic acids is 1. The van der Waals surface area contributed by atoms with Crippen molar-refractivity contribution in [1.29, 1.82) is 0 Å². The van der Waals surface area contributed by atoms with E-state index in [9.17, 15) is 4.79 Å². The molecule has 0 aromatic rings. The Morgan fingerprint density at radius 3 is 2.57 bits per heavy atom. The largest absolute Gasteiger partial charge is 0.481 e. The van der Waals surface area contributed by atoms with Crippen molar-refractivity contribution in [1.82, 2.24) is 0 Å². The van der Waals surface area contributed by atoms with Gasteiger partial charge in [-0.3, -0.25) is 4.79 Å². The minimum Gasteiger partial charge on any atom is -0.481 e. The van der Waals surface area contributed by atoms with Gasteiger partial charge in [-0.25, -0.2) is 0 Å². The SMILES string of the molecule is CCCC/C=C/C(CCC)CC(=O)O. The summed E-state index contributed by atoms with van der Waals surface area (Å²) in [6.45, 7) is 4.25. The van der Waals surface area contributed by atoms with Crippen LogP contribution in [0.4, 0.5) is 0 Å². The lowest BCUT2D eigenvalue weighted by Gasteiger charge is -2.07. The minimum atomic E-state index is -0.691. The Hall–Kier alpha value is -0.790. The van der Waals surface area contributed by atoms with Crippen LogP contribution in [0.15, 0.2) is 12.2 Å². The van der Waals surface area contributed by atoms with Crippen LogP contribution >= 0.6 is 0 Å². The van der Waals surface area contributed by atoms with Gasteiger partial charge in [0, 0.05) is 0 Å². The van der Waals surface area contributed by atoms with Crippen LogP contribution in [0, 0.1) is 5.92 Å². The normalized spacial score (nSPS) is 13.3. The summed E-state index contributed by atoms with van der Waals surface area (Å²) in [5.74, 6) is -0.460. The number of allylic oxidation sites excluding steroid dienone is 2. The molecule has 1 N–H and O–H groups in total. The molecule has 0 rings (SSSR count). The van der Waals surface area contributed by atoms with Crippen molar-refractivity contribution in [3.63, 3.8) is 0 Å². The van der Waals surface area contributed by atoms with Crippen molar-refractivity contribution in [2.75, 3.05) is 0 Å². The average Bonchev–Trinajstić information content (AvgIpc) is 2.12. The summed E-state index contributed by atoms with van der Waals surface area (Å²) in [5.41, 5.74) is 0. The summed E-state index contributed by atoms with van der Waals surface area (Å²) in [6.07, 6.45) is 9.99. The molecular formula is C12H22O2. The molecule has 0 radical (unpaired) electrons. The number of carboxylic acid groups (broad SMARTS) is 1. The van der Waals surface area contributed by atoms with Crippen LogP contribution in [-0.4, -0.2) is 11.1 Å². The number of hydrogen-bond donors (Lipinski definition) is 1. The van der Waals surface area contributed by atoms with Gasteiger partial charge in [0.25, 0.3) is 0 Å². The number of rotatable bonds is 8. The zero-order valence-electron chi connectivity index (χ0n) is 9.33. The van der Waals surface area contributed by atoms with Crippen LogP contribution in [0.1, 0.15) is 52.4 Å². The van der Waals surface area contributed by atoms with E-state index < -0.39 is 5.97 Å². The van der Waals surface area contributed by atoms with E-state index in [4.69, 9.17) is 5.11 Å². The lowest BCUT2D eigenvalue weighted by atomic mass is 9.99. The van der Waals surface area contributed by atoms with Gasteiger partial charge in [0.2, 0.25) is 0 Å². The lowest BCUT2D eigenvalue weighted by molar-refractivity contribution is -0.137. The smallest absolute Gasteiger partial charge is 0.303 e. The van der Waals surface area contributed by atoms with E-state index in [1.54, 1.807) is 0 Å². The first-order chi connectivity index (χ1) is 6.70. The second-order valence-corrected chi connectivity index (χ2v) is 3.72. The second kappa shape index (κ2) is 8.79. The third-order valence-corrected chi connectivity index (χ3v) is 2.23. The highest BCUT2D eigenvalue weighted by Crippen LogP contribution is 2.13. The Bertz CT molecular complexity index is 173. The summed E-state index contributed by atoms with van der Waals surface area (Å²) in [7, 11) is 0. The first-order valence-corrected chi connectivity index (χ1v) is 5.59. The van der Waals surface area contributed by atoms with Gasteiger partial charge in [-0.1, -0.05) is 45.3 Å². The fourth-order valence-electron chi connectivity index (χ4n) is 1.47. The predicted octanol–water partition coefficient (Wildman–Crippen LogP) is 3.62. The van der Waals surface area contributed by atoms with Crippen LogP contribution < -0.4 is 0 Å². The molecule has 0 aromatic heterocycles. The summed E-state index contributed by atoms with van der Waals surface area (Å²) in [6, 6.07) is 0. The molecule has 1 atom stereocenters. The van der Waals surface area contributed by atoms with Gasteiger partial charge in [-0.15, -0.1) is 0 Å². The fourth-order valence-corrected chi connectivity index (χ4v) is 1.47. The molecule has 14 heavy (non-hydrogen) atoms. The third-order valence-electron chi connectivity index (χ3n) is 2.23. The van der Waals surface area contributed by atoms with Crippen molar-refractivity contribution >= 4 is 5.97 Å². The first-order valence-electron chi connectivity index (χ1n) is 5.59. The first kappa shape index (κ1) is 13.2. The van der Waals surface area contributed by atoms with E-state index in [-0.39, 0.29) is 12.3 Å². The summed E-state index contributed by atoms with van der Waals surface area (Å²) in [4.78, 5) is 10.5. The van der Waals surface area contributed by atoms with Crippen LogP contribution in [0.25, 0.3) is 0 Å². The van der Waals surface area contributed by atoms with E-state index >= 15 is 0 Å². The van der Waals surface area contributed by atoms with Crippen molar-refractivity contribution in [2.24, 2.45) is 5.92 Å². The zero-order valence-corrected chi connectivity index (χ0v) is 9.33. The molecule has 0 aliphatic heterocycles. The van der Waals surface area contributed by atoms with Gasteiger partial charge in [0.1, 0.15) is 0 Å². The van der Waals surface area contributed by atoms with Gasteiger partial charge in [0.05, 0.1) is 6.42 Å². The molecule has 82 valence electrons. The van der Waals surface area contributed by atoms with Gasteiger partial charge in [-0.2, -0.15) is 0 Å². The standard InChI is InChI=1S/C12H22O2/c1-3-5-6-7-9-11(8-4-2)10-12(13)14/h7,9,11H,3-6,8,10H2,1-2H3,(H,13,14)/b9-7+. The number of carbonyl (C=O) groups is 1. The molecule has 0 bridgehead atoms. The molecule has 2 heteroatoms. The number of aliphatic carboxylic acids is 1. The van der Waals surface area contributed by atoms with Crippen molar-refractivity contribution in [3.05, 3.63) is 12.2 Å². The predicted molar refractivity (Wildman–Crippen MR) is 59.3 cm³/mol. The average molecular weight is 198 g/mol. The fraction of sp³-hybridized carbons (Fsp3) is 0.750. The lowest BCUT2D eigenvalue weighted by Crippen LogP contribution is -2.04. The molecular weight excluding hydrogens is 176 g/mol. The molecule has 0 aromatic carbocycles. The second-order valence-electron chi connectivity index (χ2n) is 3.72. The number of hydrogen-bond acceptors (Lipinski definition) is 1. The Morgan fingerprint density at radius 2 is 2.07 bits per heavy atom.